The van der Waals surface area contributed by atoms with Crippen LogP contribution in [0.5, 0.6) is 0 Å². The number of amides is 4. The van der Waals surface area contributed by atoms with E-state index in [1.807, 2.05) is 40.9 Å². The molecule has 1 aliphatic heterocycles. The highest BCUT2D eigenvalue weighted by Gasteiger charge is 2.17. The van der Waals surface area contributed by atoms with E-state index in [9.17, 15) is 14.4 Å². The van der Waals surface area contributed by atoms with Gasteiger partial charge in [0.25, 0.3) is 0 Å². The Kier molecular flexibility index (Phi) is 9.52. The molecule has 0 bridgehead atoms. The minimum absolute atomic E-state index is 0.0795. The van der Waals surface area contributed by atoms with Gasteiger partial charge >= 0.3 is 6.03 Å². The van der Waals surface area contributed by atoms with Gasteiger partial charge in [-0.05, 0) is 37.0 Å². The van der Waals surface area contributed by atoms with Crippen molar-refractivity contribution in [1.82, 2.24) is 15.5 Å². The SMILES string of the molecule is O=C(CCCNC(=O)NC1CCCCC1)Nc1ccc(CC(=O)N2CCSCC2)cc1. The van der Waals surface area contributed by atoms with Crippen LogP contribution in [-0.4, -0.2) is 59.9 Å². The first-order valence-electron chi connectivity index (χ1n) is 11.4. The molecule has 2 aliphatic rings. The van der Waals surface area contributed by atoms with E-state index in [0.717, 1.165) is 48.7 Å². The molecule has 8 heteroatoms. The molecule has 0 spiro atoms. The topological polar surface area (TPSA) is 90.5 Å². The third-order valence-corrected chi connectivity index (χ3v) is 6.71. The van der Waals surface area contributed by atoms with Crippen LogP contribution >= 0.6 is 11.8 Å². The Hall–Kier alpha value is -2.22. The second-order valence-corrected chi connectivity index (χ2v) is 9.48. The molecular formula is C23H34N4O3S. The predicted molar refractivity (Wildman–Crippen MR) is 125 cm³/mol. The fourth-order valence-electron chi connectivity index (χ4n) is 3.96. The number of nitrogens with one attached hydrogen (secondary N) is 3. The summed E-state index contributed by atoms with van der Waals surface area (Å²) in [4.78, 5) is 38.3. The van der Waals surface area contributed by atoms with Crippen LogP contribution in [-0.2, 0) is 16.0 Å². The van der Waals surface area contributed by atoms with Crippen molar-refractivity contribution in [2.45, 2.75) is 57.4 Å². The number of carbonyl (C=O) groups is 3. The van der Waals surface area contributed by atoms with E-state index in [1.54, 1.807) is 0 Å². The fourth-order valence-corrected chi connectivity index (χ4v) is 4.87. The van der Waals surface area contributed by atoms with Crippen molar-refractivity contribution in [1.29, 1.82) is 0 Å². The number of rotatable bonds is 8. The first kappa shape index (κ1) is 23.4. The molecule has 0 radical (unpaired) electrons. The highest BCUT2D eigenvalue weighted by molar-refractivity contribution is 7.99. The van der Waals surface area contributed by atoms with E-state index < -0.39 is 0 Å². The van der Waals surface area contributed by atoms with Crippen LogP contribution in [0.2, 0.25) is 0 Å². The van der Waals surface area contributed by atoms with Gasteiger partial charge in [-0.1, -0.05) is 31.4 Å². The molecular weight excluding hydrogens is 412 g/mol. The van der Waals surface area contributed by atoms with Crippen LogP contribution in [0.1, 0.15) is 50.5 Å². The van der Waals surface area contributed by atoms with Crippen molar-refractivity contribution in [3.8, 4) is 0 Å². The van der Waals surface area contributed by atoms with Crippen molar-refractivity contribution in [2.75, 3.05) is 36.5 Å². The third kappa shape index (κ3) is 8.44. The summed E-state index contributed by atoms with van der Waals surface area (Å²) in [5.74, 6) is 2.11. The lowest BCUT2D eigenvalue weighted by Gasteiger charge is -2.26. The standard InChI is InChI=1S/C23H34N4O3S/c28-21(7-4-12-24-23(30)26-19-5-2-1-3-6-19)25-20-10-8-18(9-11-20)17-22(29)27-13-15-31-16-14-27/h8-11,19H,1-7,12-17H2,(H,25,28)(H2,24,26,30). The molecule has 170 valence electrons. The summed E-state index contributed by atoms with van der Waals surface area (Å²) in [5, 5.41) is 8.72. The molecule has 31 heavy (non-hydrogen) atoms. The highest BCUT2D eigenvalue weighted by Crippen LogP contribution is 2.17. The second-order valence-electron chi connectivity index (χ2n) is 8.25. The molecule has 1 saturated heterocycles. The van der Waals surface area contributed by atoms with E-state index in [0.29, 0.717) is 25.8 Å². The van der Waals surface area contributed by atoms with Crippen molar-refractivity contribution >= 4 is 35.3 Å². The molecule has 1 aliphatic carbocycles. The minimum atomic E-state index is -0.138. The van der Waals surface area contributed by atoms with Crippen LogP contribution in [0, 0.1) is 0 Å². The molecule has 3 rings (SSSR count). The van der Waals surface area contributed by atoms with Crippen molar-refractivity contribution < 1.29 is 14.4 Å². The monoisotopic (exact) mass is 446 g/mol. The summed E-state index contributed by atoms with van der Waals surface area (Å²) in [6, 6.07) is 7.60. The van der Waals surface area contributed by atoms with Crippen LogP contribution in [0.15, 0.2) is 24.3 Å². The maximum Gasteiger partial charge on any atom is 0.315 e. The molecule has 4 amide bonds. The number of urea groups is 1. The predicted octanol–water partition coefficient (Wildman–Crippen LogP) is 3.16. The Bertz CT molecular complexity index is 729. The van der Waals surface area contributed by atoms with Gasteiger partial charge in [0.05, 0.1) is 6.42 Å². The van der Waals surface area contributed by atoms with Gasteiger partial charge in [0.2, 0.25) is 11.8 Å². The third-order valence-electron chi connectivity index (χ3n) is 5.76. The smallest absolute Gasteiger partial charge is 0.315 e. The summed E-state index contributed by atoms with van der Waals surface area (Å²) in [5.41, 5.74) is 1.67. The zero-order valence-corrected chi connectivity index (χ0v) is 19.0. The van der Waals surface area contributed by atoms with E-state index >= 15 is 0 Å². The Balaban J connectivity index is 1.30. The molecule has 1 saturated carbocycles. The molecule has 0 atom stereocenters. The Morgan fingerprint density at radius 2 is 1.71 bits per heavy atom. The summed E-state index contributed by atoms with van der Waals surface area (Å²) in [7, 11) is 0. The molecule has 7 nitrogen and oxygen atoms in total. The lowest BCUT2D eigenvalue weighted by molar-refractivity contribution is -0.130. The van der Waals surface area contributed by atoms with Crippen LogP contribution < -0.4 is 16.0 Å². The summed E-state index contributed by atoms with van der Waals surface area (Å²) in [6.07, 6.45) is 7.06. The van der Waals surface area contributed by atoms with Crippen molar-refractivity contribution in [3.05, 3.63) is 29.8 Å². The van der Waals surface area contributed by atoms with E-state index in [2.05, 4.69) is 16.0 Å². The fraction of sp³-hybridized carbons (Fsp3) is 0.609. The molecule has 0 aromatic heterocycles. The Morgan fingerprint density at radius 3 is 2.42 bits per heavy atom. The van der Waals surface area contributed by atoms with Gasteiger partial charge in [-0.2, -0.15) is 11.8 Å². The van der Waals surface area contributed by atoms with Gasteiger partial charge < -0.3 is 20.9 Å². The summed E-state index contributed by atoms with van der Waals surface area (Å²) >= 11 is 1.89. The number of carbonyl (C=O) groups excluding carboxylic acids is 3. The van der Waals surface area contributed by atoms with Gasteiger partial charge in [-0.3, -0.25) is 9.59 Å². The van der Waals surface area contributed by atoms with Crippen LogP contribution in [0.3, 0.4) is 0 Å². The van der Waals surface area contributed by atoms with Crippen molar-refractivity contribution in [3.63, 3.8) is 0 Å². The second kappa shape index (κ2) is 12.6. The lowest BCUT2D eigenvalue weighted by Crippen LogP contribution is -2.43. The quantitative estimate of drug-likeness (QED) is 0.535. The lowest BCUT2D eigenvalue weighted by atomic mass is 9.96. The maximum atomic E-state index is 12.3. The minimum Gasteiger partial charge on any atom is -0.341 e. The van der Waals surface area contributed by atoms with Crippen LogP contribution in [0.25, 0.3) is 0 Å². The Labute approximate surface area is 189 Å². The molecule has 0 unspecified atom stereocenters. The molecule has 1 aromatic carbocycles. The molecule has 2 fully saturated rings. The number of hydrogen-bond donors (Lipinski definition) is 3. The number of anilines is 1. The van der Waals surface area contributed by atoms with Crippen molar-refractivity contribution in [2.24, 2.45) is 0 Å². The molecule has 1 aromatic rings. The molecule has 1 heterocycles. The normalized spacial score (nSPS) is 17.1. The highest BCUT2D eigenvalue weighted by atomic mass is 32.2. The number of hydrogen-bond acceptors (Lipinski definition) is 4. The largest absolute Gasteiger partial charge is 0.341 e. The van der Waals surface area contributed by atoms with Gasteiger partial charge in [0.1, 0.15) is 0 Å². The first-order valence-corrected chi connectivity index (χ1v) is 12.5. The van der Waals surface area contributed by atoms with Crippen LogP contribution in [0.4, 0.5) is 10.5 Å². The van der Waals surface area contributed by atoms with Gasteiger partial charge in [-0.25, -0.2) is 4.79 Å². The Morgan fingerprint density at radius 1 is 1.00 bits per heavy atom. The zero-order valence-electron chi connectivity index (χ0n) is 18.2. The summed E-state index contributed by atoms with van der Waals surface area (Å²) < 4.78 is 0. The number of nitrogens with zero attached hydrogens (tertiary/aromatic N) is 1. The van der Waals surface area contributed by atoms with E-state index in [1.165, 1.54) is 19.3 Å². The van der Waals surface area contributed by atoms with Gasteiger partial charge in [-0.15, -0.1) is 0 Å². The van der Waals surface area contributed by atoms with E-state index in [-0.39, 0.29) is 23.9 Å². The van der Waals surface area contributed by atoms with Gasteiger partial charge in [0.15, 0.2) is 0 Å². The first-order chi connectivity index (χ1) is 15.1. The average molecular weight is 447 g/mol. The maximum absolute atomic E-state index is 12.3. The zero-order chi connectivity index (χ0) is 21.9. The van der Waals surface area contributed by atoms with E-state index in [4.69, 9.17) is 0 Å². The summed E-state index contributed by atoms with van der Waals surface area (Å²) in [6.45, 7) is 2.13. The number of thioether (sulfide) groups is 1. The number of benzene rings is 1. The average Bonchev–Trinajstić information content (AvgIpc) is 2.79. The van der Waals surface area contributed by atoms with Gasteiger partial charge in [0, 0.05) is 49.3 Å². The molecule has 3 N–H and O–H groups in total.